The first-order valence-electron chi connectivity index (χ1n) is 8.26. The lowest BCUT2D eigenvalue weighted by Crippen LogP contribution is -2.13. The van der Waals surface area contributed by atoms with Gasteiger partial charge in [-0.2, -0.15) is 0 Å². The van der Waals surface area contributed by atoms with Gasteiger partial charge in [-0.3, -0.25) is 9.78 Å². The number of hydrogen-bond donors (Lipinski definition) is 5. The van der Waals surface area contributed by atoms with Crippen LogP contribution in [0.15, 0.2) is 48.8 Å². The standard InChI is InChI=1S/C20H14N4O3/c21-20(27)18-17-12-5-9(25)2-4-14(12)24-16(17)8-23-19(18)13-7-22-15-6-10(26)1-3-11(13)15/h1-8,22,24-26H,(H2,21,27). The highest BCUT2D eigenvalue weighted by atomic mass is 16.3. The Morgan fingerprint density at radius 2 is 1.74 bits per heavy atom. The molecule has 0 aliphatic carbocycles. The van der Waals surface area contributed by atoms with Crippen LogP contribution in [0.1, 0.15) is 10.4 Å². The normalized spacial score (nSPS) is 11.6. The van der Waals surface area contributed by atoms with E-state index in [4.69, 9.17) is 5.73 Å². The summed E-state index contributed by atoms with van der Waals surface area (Å²) >= 11 is 0. The van der Waals surface area contributed by atoms with Gasteiger partial charge in [0.15, 0.2) is 0 Å². The van der Waals surface area contributed by atoms with Crippen molar-refractivity contribution in [2.45, 2.75) is 0 Å². The van der Waals surface area contributed by atoms with E-state index in [1.54, 1.807) is 48.8 Å². The number of rotatable bonds is 2. The quantitative estimate of drug-likeness (QED) is 0.331. The van der Waals surface area contributed by atoms with Crippen LogP contribution in [0, 0.1) is 0 Å². The molecule has 7 heteroatoms. The molecule has 132 valence electrons. The SMILES string of the molecule is NC(=O)c1c(-c2c[nH]c3cc(O)ccc23)ncc2[nH]c3ccc(O)cc3c12. The van der Waals surface area contributed by atoms with Gasteiger partial charge < -0.3 is 25.9 Å². The molecule has 7 nitrogen and oxygen atoms in total. The van der Waals surface area contributed by atoms with Crippen LogP contribution < -0.4 is 5.73 Å². The number of phenolic OH excluding ortho intramolecular Hbond substituents is 2. The monoisotopic (exact) mass is 358 g/mol. The van der Waals surface area contributed by atoms with E-state index in [9.17, 15) is 15.0 Å². The van der Waals surface area contributed by atoms with Gasteiger partial charge in [0.05, 0.1) is 23.0 Å². The van der Waals surface area contributed by atoms with Crippen molar-refractivity contribution in [3.63, 3.8) is 0 Å². The Balaban J connectivity index is 1.92. The Morgan fingerprint density at radius 1 is 0.963 bits per heavy atom. The molecule has 3 heterocycles. The summed E-state index contributed by atoms with van der Waals surface area (Å²) < 4.78 is 0. The van der Waals surface area contributed by atoms with Crippen LogP contribution in [0.4, 0.5) is 0 Å². The van der Waals surface area contributed by atoms with E-state index >= 15 is 0 Å². The van der Waals surface area contributed by atoms with Gasteiger partial charge in [-0.05, 0) is 30.3 Å². The molecule has 0 atom stereocenters. The van der Waals surface area contributed by atoms with E-state index in [2.05, 4.69) is 15.0 Å². The maximum atomic E-state index is 12.4. The number of aromatic nitrogens is 3. The van der Waals surface area contributed by atoms with Crippen LogP contribution in [0.25, 0.3) is 44.0 Å². The molecule has 6 N–H and O–H groups in total. The predicted octanol–water partition coefficient (Wildman–Crippen LogP) is 3.37. The Hall–Kier alpha value is -4.00. The molecule has 1 amide bonds. The van der Waals surface area contributed by atoms with Crippen LogP contribution in [0.2, 0.25) is 0 Å². The van der Waals surface area contributed by atoms with Crippen molar-refractivity contribution in [1.29, 1.82) is 0 Å². The number of fused-ring (bicyclic) bond motifs is 4. The first-order chi connectivity index (χ1) is 13.0. The zero-order chi connectivity index (χ0) is 18.7. The topological polar surface area (TPSA) is 128 Å². The van der Waals surface area contributed by atoms with Crippen LogP contribution >= 0.6 is 0 Å². The zero-order valence-electron chi connectivity index (χ0n) is 13.9. The molecule has 0 unspecified atom stereocenters. The smallest absolute Gasteiger partial charge is 0.251 e. The minimum Gasteiger partial charge on any atom is -0.508 e. The summed E-state index contributed by atoms with van der Waals surface area (Å²) in [6, 6.07) is 9.84. The Morgan fingerprint density at radius 3 is 2.56 bits per heavy atom. The highest BCUT2D eigenvalue weighted by molar-refractivity contribution is 6.20. The molecule has 5 rings (SSSR count). The minimum absolute atomic E-state index is 0.0970. The molecule has 0 radical (unpaired) electrons. The molecule has 0 aliphatic rings. The molecule has 5 aromatic rings. The molecule has 0 aliphatic heterocycles. The van der Waals surface area contributed by atoms with Crippen molar-refractivity contribution in [3.8, 4) is 22.8 Å². The third-order valence-electron chi connectivity index (χ3n) is 4.79. The molecule has 0 saturated heterocycles. The number of hydrogen-bond acceptors (Lipinski definition) is 4. The Labute approximate surface area is 152 Å². The highest BCUT2D eigenvalue weighted by Crippen LogP contribution is 2.37. The number of nitrogens with zero attached hydrogens (tertiary/aromatic N) is 1. The van der Waals surface area contributed by atoms with Crippen LogP contribution in [0.5, 0.6) is 11.5 Å². The van der Waals surface area contributed by atoms with Crippen molar-refractivity contribution in [2.24, 2.45) is 5.73 Å². The first-order valence-corrected chi connectivity index (χ1v) is 8.26. The lowest BCUT2D eigenvalue weighted by atomic mass is 9.99. The summed E-state index contributed by atoms with van der Waals surface area (Å²) in [6.45, 7) is 0. The number of primary amides is 1. The van der Waals surface area contributed by atoms with E-state index in [0.29, 0.717) is 27.5 Å². The average Bonchev–Trinajstić information content (AvgIpc) is 3.21. The third kappa shape index (κ3) is 2.15. The Bertz CT molecular complexity index is 1380. The summed E-state index contributed by atoms with van der Waals surface area (Å²) in [7, 11) is 0. The van der Waals surface area contributed by atoms with Gasteiger partial charge in [0, 0.05) is 45.0 Å². The van der Waals surface area contributed by atoms with Gasteiger partial charge >= 0.3 is 0 Å². The van der Waals surface area contributed by atoms with Gasteiger partial charge in [0.25, 0.3) is 5.91 Å². The predicted molar refractivity (Wildman–Crippen MR) is 103 cm³/mol. The van der Waals surface area contributed by atoms with E-state index in [1.807, 2.05) is 0 Å². The second kappa shape index (κ2) is 5.25. The number of pyridine rings is 1. The van der Waals surface area contributed by atoms with E-state index in [-0.39, 0.29) is 17.1 Å². The van der Waals surface area contributed by atoms with Crippen molar-refractivity contribution >= 4 is 38.6 Å². The van der Waals surface area contributed by atoms with Crippen molar-refractivity contribution < 1.29 is 15.0 Å². The molecule has 0 bridgehead atoms. The maximum absolute atomic E-state index is 12.4. The number of nitrogens with one attached hydrogen (secondary N) is 2. The number of carbonyl (C=O) groups is 1. The molecule has 27 heavy (non-hydrogen) atoms. The fourth-order valence-corrected chi connectivity index (χ4v) is 3.63. The Kier molecular flexibility index (Phi) is 2.97. The highest BCUT2D eigenvalue weighted by Gasteiger charge is 2.21. The second-order valence-electron chi connectivity index (χ2n) is 6.42. The lowest BCUT2D eigenvalue weighted by molar-refractivity contribution is 0.100. The number of carbonyl (C=O) groups excluding carboxylic acids is 1. The summed E-state index contributed by atoms with van der Waals surface area (Å²) in [6.07, 6.45) is 3.38. The van der Waals surface area contributed by atoms with Gasteiger partial charge in [0.2, 0.25) is 0 Å². The van der Waals surface area contributed by atoms with Gasteiger partial charge in [0.1, 0.15) is 11.5 Å². The molecule has 0 saturated carbocycles. The summed E-state index contributed by atoms with van der Waals surface area (Å²) in [4.78, 5) is 23.2. The van der Waals surface area contributed by atoms with Crippen LogP contribution in [-0.4, -0.2) is 31.1 Å². The largest absolute Gasteiger partial charge is 0.508 e. The molecule has 2 aromatic carbocycles. The number of H-pyrrole nitrogens is 2. The van der Waals surface area contributed by atoms with Crippen molar-refractivity contribution in [1.82, 2.24) is 15.0 Å². The third-order valence-corrected chi connectivity index (χ3v) is 4.79. The number of nitrogens with two attached hydrogens (primary N) is 1. The summed E-state index contributed by atoms with van der Waals surface area (Å²) in [5, 5.41) is 21.7. The van der Waals surface area contributed by atoms with Crippen LogP contribution in [0.3, 0.4) is 0 Å². The number of benzene rings is 2. The summed E-state index contributed by atoms with van der Waals surface area (Å²) in [5.41, 5.74) is 9.31. The number of aromatic hydroxyl groups is 2. The van der Waals surface area contributed by atoms with E-state index < -0.39 is 5.91 Å². The lowest BCUT2D eigenvalue weighted by Gasteiger charge is -2.07. The molecule has 0 fully saturated rings. The average molecular weight is 358 g/mol. The number of amides is 1. The van der Waals surface area contributed by atoms with Gasteiger partial charge in [-0.15, -0.1) is 0 Å². The van der Waals surface area contributed by atoms with Crippen molar-refractivity contribution in [2.75, 3.05) is 0 Å². The summed E-state index contributed by atoms with van der Waals surface area (Å²) in [5.74, 6) is -0.373. The molecule has 0 spiro atoms. The first kappa shape index (κ1) is 15.3. The zero-order valence-corrected chi connectivity index (χ0v) is 13.9. The maximum Gasteiger partial charge on any atom is 0.251 e. The molecular weight excluding hydrogens is 344 g/mol. The number of phenols is 2. The van der Waals surface area contributed by atoms with E-state index in [1.165, 1.54) is 0 Å². The molecular formula is C20H14N4O3. The van der Waals surface area contributed by atoms with E-state index in [0.717, 1.165) is 16.4 Å². The minimum atomic E-state index is -0.611. The van der Waals surface area contributed by atoms with Gasteiger partial charge in [-0.25, -0.2) is 0 Å². The fourth-order valence-electron chi connectivity index (χ4n) is 3.63. The van der Waals surface area contributed by atoms with Crippen molar-refractivity contribution in [3.05, 3.63) is 54.4 Å². The number of aromatic amines is 2. The fraction of sp³-hybridized carbons (Fsp3) is 0. The van der Waals surface area contributed by atoms with Crippen LogP contribution in [-0.2, 0) is 0 Å². The van der Waals surface area contributed by atoms with Gasteiger partial charge in [-0.1, -0.05) is 0 Å². The second-order valence-corrected chi connectivity index (χ2v) is 6.42. The molecule has 3 aromatic heterocycles.